The van der Waals surface area contributed by atoms with Gasteiger partial charge in [-0.2, -0.15) is 0 Å². The van der Waals surface area contributed by atoms with Crippen LogP contribution in [-0.4, -0.2) is 5.91 Å². The zero-order valence-corrected chi connectivity index (χ0v) is 11.0. The molecule has 0 spiro atoms. The van der Waals surface area contributed by atoms with E-state index in [1.54, 1.807) is 12.1 Å². The van der Waals surface area contributed by atoms with E-state index < -0.39 is 0 Å². The van der Waals surface area contributed by atoms with Gasteiger partial charge in [0.05, 0.1) is 6.42 Å². The van der Waals surface area contributed by atoms with Crippen LogP contribution in [0.4, 0.5) is 10.1 Å². The second-order valence-electron chi connectivity index (χ2n) is 4.65. The Hall–Kier alpha value is -1.87. The number of aryl methyl sites for hydroxylation is 1. The zero-order valence-electron chi connectivity index (χ0n) is 10.3. The monoisotopic (exact) mass is 275 g/mol. The number of fused-ring (bicyclic) bond motifs is 1. The third-order valence-corrected chi connectivity index (χ3v) is 3.62. The van der Waals surface area contributed by atoms with E-state index in [-0.39, 0.29) is 18.1 Å². The van der Waals surface area contributed by atoms with E-state index in [1.807, 2.05) is 19.1 Å². The minimum atomic E-state index is -0.378. The highest BCUT2D eigenvalue weighted by atomic mass is 35.5. The van der Waals surface area contributed by atoms with Crippen LogP contribution in [0.5, 0.6) is 0 Å². The lowest BCUT2D eigenvalue weighted by Crippen LogP contribution is -2.03. The number of halogens is 2. The molecule has 1 aliphatic rings. The molecule has 0 saturated carbocycles. The van der Waals surface area contributed by atoms with Gasteiger partial charge < -0.3 is 5.32 Å². The van der Waals surface area contributed by atoms with Gasteiger partial charge in [0.2, 0.25) is 5.91 Å². The average molecular weight is 276 g/mol. The van der Waals surface area contributed by atoms with E-state index >= 15 is 0 Å². The Morgan fingerprint density at radius 1 is 1.32 bits per heavy atom. The highest BCUT2D eigenvalue weighted by molar-refractivity contribution is 6.33. The predicted molar refractivity (Wildman–Crippen MR) is 73.9 cm³/mol. The normalized spacial score (nSPS) is 13.3. The maximum Gasteiger partial charge on any atom is 0.228 e. The number of nitrogens with one attached hydrogen (secondary N) is 1. The number of rotatable bonds is 1. The molecule has 19 heavy (non-hydrogen) atoms. The first-order valence-electron chi connectivity index (χ1n) is 5.94. The number of carbonyl (C=O) groups excluding carboxylic acids is 1. The van der Waals surface area contributed by atoms with Crippen molar-refractivity contribution in [3.63, 3.8) is 0 Å². The van der Waals surface area contributed by atoms with Crippen molar-refractivity contribution in [3.8, 4) is 11.1 Å². The van der Waals surface area contributed by atoms with Crippen molar-refractivity contribution in [1.82, 2.24) is 0 Å². The number of amides is 1. The molecule has 0 saturated heterocycles. The smallest absolute Gasteiger partial charge is 0.228 e. The van der Waals surface area contributed by atoms with Gasteiger partial charge in [0.1, 0.15) is 5.82 Å². The van der Waals surface area contributed by atoms with E-state index in [0.717, 1.165) is 11.1 Å². The van der Waals surface area contributed by atoms with E-state index in [9.17, 15) is 9.18 Å². The van der Waals surface area contributed by atoms with Gasteiger partial charge in [-0.3, -0.25) is 4.79 Å². The topological polar surface area (TPSA) is 29.1 Å². The Labute approximate surface area is 115 Å². The molecule has 1 N–H and O–H groups in total. The van der Waals surface area contributed by atoms with Gasteiger partial charge in [0.15, 0.2) is 0 Å². The molecule has 2 aromatic carbocycles. The SMILES string of the molecule is Cc1cccc(Cl)c1-c1cc2c(cc1F)NC(=O)C2. The fourth-order valence-corrected chi connectivity index (χ4v) is 2.74. The zero-order chi connectivity index (χ0) is 13.6. The van der Waals surface area contributed by atoms with Crippen molar-refractivity contribution in [2.24, 2.45) is 0 Å². The van der Waals surface area contributed by atoms with Crippen LogP contribution in [0, 0.1) is 12.7 Å². The minimum absolute atomic E-state index is 0.109. The molecule has 0 bridgehead atoms. The molecule has 2 aromatic rings. The van der Waals surface area contributed by atoms with Crippen molar-refractivity contribution < 1.29 is 9.18 Å². The summed E-state index contributed by atoms with van der Waals surface area (Å²) in [6, 6.07) is 8.52. The number of carbonyl (C=O) groups is 1. The van der Waals surface area contributed by atoms with E-state index in [0.29, 0.717) is 21.8 Å². The van der Waals surface area contributed by atoms with Crippen molar-refractivity contribution in [3.05, 3.63) is 52.3 Å². The number of hydrogen-bond acceptors (Lipinski definition) is 1. The number of hydrogen-bond donors (Lipinski definition) is 1. The molecule has 0 fully saturated rings. The summed E-state index contributed by atoms with van der Waals surface area (Å²) in [5, 5.41) is 3.14. The van der Waals surface area contributed by atoms with E-state index in [4.69, 9.17) is 11.6 Å². The lowest BCUT2D eigenvalue weighted by atomic mass is 9.97. The van der Waals surface area contributed by atoms with Crippen LogP contribution in [0.3, 0.4) is 0 Å². The molecular weight excluding hydrogens is 265 g/mol. The van der Waals surface area contributed by atoms with Gasteiger partial charge >= 0.3 is 0 Å². The highest BCUT2D eigenvalue weighted by Crippen LogP contribution is 2.36. The first kappa shape index (κ1) is 12.2. The second-order valence-corrected chi connectivity index (χ2v) is 5.05. The van der Waals surface area contributed by atoms with Crippen LogP contribution in [0.1, 0.15) is 11.1 Å². The summed E-state index contributed by atoms with van der Waals surface area (Å²) in [5.74, 6) is -0.486. The Balaban J connectivity index is 2.22. The summed E-state index contributed by atoms with van der Waals surface area (Å²) >= 11 is 6.17. The molecular formula is C15H11ClFNO. The molecule has 1 heterocycles. The number of benzene rings is 2. The molecule has 0 unspecified atom stereocenters. The summed E-state index contributed by atoms with van der Waals surface area (Å²) in [6.45, 7) is 1.89. The molecule has 2 nitrogen and oxygen atoms in total. The lowest BCUT2D eigenvalue weighted by molar-refractivity contribution is -0.115. The van der Waals surface area contributed by atoms with E-state index in [2.05, 4.69) is 5.32 Å². The van der Waals surface area contributed by atoms with Crippen molar-refractivity contribution in [1.29, 1.82) is 0 Å². The fraction of sp³-hybridized carbons (Fsp3) is 0.133. The molecule has 1 aliphatic heterocycles. The summed E-state index contributed by atoms with van der Waals surface area (Å²) in [6.07, 6.45) is 0.284. The third kappa shape index (κ3) is 2.00. The van der Waals surface area contributed by atoms with Gasteiger partial charge in [-0.1, -0.05) is 23.7 Å². The molecule has 96 valence electrons. The van der Waals surface area contributed by atoms with Crippen molar-refractivity contribution in [2.75, 3.05) is 5.32 Å². The Morgan fingerprint density at radius 2 is 2.11 bits per heavy atom. The molecule has 1 amide bonds. The maximum absolute atomic E-state index is 14.2. The minimum Gasteiger partial charge on any atom is -0.325 e. The van der Waals surface area contributed by atoms with Gasteiger partial charge in [0, 0.05) is 21.8 Å². The molecule has 3 rings (SSSR count). The predicted octanol–water partition coefficient (Wildman–Crippen LogP) is 3.95. The van der Waals surface area contributed by atoms with Gasteiger partial charge in [0.25, 0.3) is 0 Å². The van der Waals surface area contributed by atoms with Crippen LogP contribution < -0.4 is 5.32 Å². The molecule has 0 radical (unpaired) electrons. The van der Waals surface area contributed by atoms with Crippen LogP contribution in [0.25, 0.3) is 11.1 Å². The van der Waals surface area contributed by atoms with Crippen molar-refractivity contribution in [2.45, 2.75) is 13.3 Å². The summed E-state index contributed by atoms with van der Waals surface area (Å²) in [7, 11) is 0. The Bertz CT molecular complexity index is 677. The van der Waals surface area contributed by atoms with Gasteiger partial charge in [-0.15, -0.1) is 0 Å². The maximum atomic E-state index is 14.2. The lowest BCUT2D eigenvalue weighted by Gasteiger charge is -2.11. The third-order valence-electron chi connectivity index (χ3n) is 3.31. The largest absolute Gasteiger partial charge is 0.325 e. The van der Waals surface area contributed by atoms with Crippen LogP contribution in [0.2, 0.25) is 5.02 Å². The Morgan fingerprint density at radius 3 is 2.84 bits per heavy atom. The first-order chi connectivity index (χ1) is 9.06. The van der Waals surface area contributed by atoms with Crippen LogP contribution >= 0.6 is 11.6 Å². The van der Waals surface area contributed by atoms with E-state index in [1.165, 1.54) is 6.07 Å². The second kappa shape index (κ2) is 4.35. The first-order valence-corrected chi connectivity index (χ1v) is 6.32. The summed E-state index contributed by atoms with van der Waals surface area (Å²) < 4.78 is 14.2. The quantitative estimate of drug-likeness (QED) is 0.839. The van der Waals surface area contributed by atoms with Gasteiger partial charge in [-0.05, 0) is 36.2 Å². The van der Waals surface area contributed by atoms with Crippen LogP contribution in [0.15, 0.2) is 30.3 Å². The standard InChI is InChI=1S/C15H11ClFNO/c1-8-3-2-4-11(16)15(8)10-5-9-6-14(19)18-13(9)7-12(10)17/h2-5,7H,6H2,1H3,(H,18,19). The summed E-state index contributed by atoms with van der Waals surface area (Å²) in [4.78, 5) is 11.3. The number of anilines is 1. The Kier molecular flexibility index (Phi) is 2.79. The molecule has 0 aliphatic carbocycles. The summed E-state index contributed by atoms with van der Waals surface area (Å²) in [5.41, 5.74) is 3.39. The molecule has 0 atom stereocenters. The van der Waals surface area contributed by atoms with Gasteiger partial charge in [-0.25, -0.2) is 4.39 Å². The molecule has 0 aromatic heterocycles. The molecule has 4 heteroatoms. The van der Waals surface area contributed by atoms with Crippen molar-refractivity contribution >= 4 is 23.2 Å². The highest BCUT2D eigenvalue weighted by Gasteiger charge is 2.21. The fourth-order valence-electron chi connectivity index (χ4n) is 2.41. The van der Waals surface area contributed by atoms with Crippen LogP contribution in [-0.2, 0) is 11.2 Å². The average Bonchev–Trinajstić information content (AvgIpc) is 2.68.